The first-order valence-corrected chi connectivity index (χ1v) is 8.87. The molecule has 2 rings (SSSR count). The van der Waals surface area contributed by atoms with Gasteiger partial charge in [0.25, 0.3) is 0 Å². The Morgan fingerprint density at radius 1 is 1.30 bits per heavy atom. The van der Waals surface area contributed by atoms with E-state index in [0.717, 1.165) is 37.0 Å². The lowest BCUT2D eigenvalue weighted by Gasteiger charge is -2.12. The van der Waals surface area contributed by atoms with Crippen molar-refractivity contribution >= 4 is 59.4 Å². The summed E-state index contributed by atoms with van der Waals surface area (Å²) in [5.74, 6) is 0.754. The fourth-order valence-corrected chi connectivity index (χ4v) is 3.85. The number of benzene rings is 1. The number of ether oxygens (including phenoxy) is 1. The average molecular weight is 487 g/mol. The summed E-state index contributed by atoms with van der Waals surface area (Å²) in [5, 5.41) is 5.71. The van der Waals surface area contributed by atoms with E-state index in [9.17, 15) is 0 Å². The van der Waals surface area contributed by atoms with Gasteiger partial charge in [-0.3, -0.25) is 4.68 Å². The number of aryl methyl sites for hydroxylation is 2. The molecule has 0 atom stereocenters. The molecule has 0 N–H and O–H groups in total. The van der Waals surface area contributed by atoms with Crippen molar-refractivity contribution in [1.82, 2.24) is 9.78 Å². The van der Waals surface area contributed by atoms with Gasteiger partial charge in [0.2, 0.25) is 0 Å². The molecule has 7 heteroatoms. The zero-order chi connectivity index (χ0) is 14.9. The molecule has 0 fully saturated rings. The number of hydrogen-bond acceptors (Lipinski definition) is 2. The predicted octanol–water partition coefficient (Wildman–Crippen LogP) is 5.38. The standard InChI is InChI=1S/C13H12Br3ClN2O/c1-7-12(17)11(19(2)18-7)6-20-13-9(15)3-8(5-14)4-10(13)16/h3-4H,5-6H2,1-2H3. The van der Waals surface area contributed by atoms with Crippen LogP contribution in [0.2, 0.25) is 5.02 Å². The summed E-state index contributed by atoms with van der Waals surface area (Å²) in [6.45, 7) is 2.24. The maximum absolute atomic E-state index is 6.21. The monoisotopic (exact) mass is 484 g/mol. The maximum atomic E-state index is 6.21. The molecule has 0 spiro atoms. The Morgan fingerprint density at radius 2 is 1.90 bits per heavy atom. The molecule has 0 saturated heterocycles. The largest absolute Gasteiger partial charge is 0.485 e. The zero-order valence-corrected chi connectivity index (χ0v) is 16.4. The number of nitrogens with zero attached hydrogens (tertiary/aromatic N) is 2. The van der Waals surface area contributed by atoms with Crippen LogP contribution in [0.3, 0.4) is 0 Å². The van der Waals surface area contributed by atoms with E-state index < -0.39 is 0 Å². The summed E-state index contributed by atoms with van der Waals surface area (Å²) in [6, 6.07) is 4.04. The Morgan fingerprint density at radius 3 is 2.35 bits per heavy atom. The molecule has 0 radical (unpaired) electrons. The second-order valence-corrected chi connectivity index (χ2v) is 6.93. The second kappa shape index (κ2) is 6.81. The maximum Gasteiger partial charge on any atom is 0.148 e. The van der Waals surface area contributed by atoms with Gasteiger partial charge >= 0.3 is 0 Å². The predicted molar refractivity (Wildman–Crippen MR) is 91.8 cm³/mol. The van der Waals surface area contributed by atoms with Gasteiger partial charge in [-0.25, -0.2) is 0 Å². The molecule has 1 aromatic heterocycles. The van der Waals surface area contributed by atoms with Crippen LogP contribution in [-0.2, 0) is 19.0 Å². The first kappa shape index (κ1) is 16.3. The van der Waals surface area contributed by atoms with Crippen LogP contribution >= 0.6 is 59.4 Å². The highest BCUT2D eigenvalue weighted by molar-refractivity contribution is 9.11. The van der Waals surface area contributed by atoms with E-state index in [2.05, 4.69) is 52.9 Å². The third-order valence-electron chi connectivity index (χ3n) is 2.83. The summed E-state index contributed by atoms with van der Waals surface area (Å²) in [6.07, 6.45) is 0. The minimum absolute atomic E-state index is 0.362. The topological polar surface area (TPSA) is 27.1 Å². The minimum Gasteiger partial charge on any atom is -0.485 e. The summed E-state index contributed by atoms with van der Waals surface area (Å²) in [7, 11) is 1.86. The average Bonchev–Trinajstić information content (AvgIpc) is 2.63. The van der Waals surface area contributed by atoms with Gasteiger partial charge in [-0.05, 0) is 56.5 Å². The molecule has 0 unspecified atom stereocenters. The van der Waals surface area contributed by atoms with Gasteiger partial charge in [-0.2, -0.15) is 5.10 Å². The highest BCUT2D eigenvalue weighted by Gasteiger charge is 2.14. The Kier molecular flexibility index (Phi) is 5.56. The van der Waals surface area contributed by atoms with Crippen molar-refractivity contribution in [3.63, 3.8) is 0 Å². The van der Waals surface area contributed by atoms with Gasteiger partial charge in [-0.1, -0.05) is 27.5 Å². The quantitative estimate of drug-likeness (QED) is 0.542. The Balaban J connectivity index is 2.23. The fraction of sp³-hybridized carbons (Fsp3) is 0.308. The van der Waals surface area contributed by atoms with E-state index in [1.807, 2.05) is 26.1 Å². The van der Waals surface area contributed by atoms with E-state index in [-0.39, 0.29) is 0 Å². The SMILES string of the molecule is Cc1nn(C)c(COc2c(Br)cc(CBr)cc2Br)c1Cl. The highest BCUT2D eigenvalue weighted by Crippen LogP contribution is 2.36. The molecule has 0 amide bonds. The lowest BCUT2D eigenvalue weighted by atomic mass is 10.2. The van der Waals surface area contributed by atoms with Crippen LogP contribution in [-0.4, -0.2) is 9.78 Å². The van der Waals surface area contributed by atoms with E-state index in [0.29, 0.717) is 11.6 Å². The van der Waals surface area contributed by atoms with E-state index in [1.165, 1.54) is 0 Å². The normalized spacial score (nSPS) is 10.9. The van der Waals surface area contributed by atoms with Crippen LogP contribution in [0.5, 0.6) is 5.75 Å². The Labute approximate surface area is 148 Å². The third-order valence-corrected chi connectivity index (χ3v) is 5.14. The first-order valence-electron chi connectivity index (χ1n) is 5.78. The number of halogens is 4. The number of hydrogen-bond donors (Lipinski definition) is 0. The molecule has 108 valence electrons. The summed E-state index contributed by atoms with van der Waals surface area (Å²) in [4.78, 5) is 0. The summed E-state index contributed by atoms with van der Waals surface area (Å²) in [5.41, 5.74) is 2.82. The van der Waals surface area contributed by atoms with Crippen LogP contribution in [0.1, 0.15) is 17.0 Å². The molecule has 2 aromatic rings. The summed E-state index contributed by atoms with van der Waals surface area (Å²) >= 11 is 16.7. The van der Waals surface area contributed by atoms with Crippen molar-refractivity contribution in [3.8, 4) is 5.75 Å². The number of aromatic nitrogens is 2. The minimum atomic E-state index is 0.362. The molecule has 3 nitrogen and oxygen atoms in total. The van der Waals surface area contributed by atoms with Crippen molar-refractivity contribution in [2.75, 3.05) is 0 Å². The molecule has 0 bridgehead atoms. The summed E-state index contributed by atoms with van der Waals surface area (Å²) < 4.78 is 9.41. The molecular weight excluding hydrogens is 475 g/mol. The molecule has 1 heterocycles. The fourth-order valence-electron chi connectivity index (χ4n) is 1.80. The lowest BCUT2D eigenvalue weighted by Crippen LogP contribution is -2.04. The molecule has 20 heavy (non-hydrogen) atoms. The smallest absolute Gasteiger partial charge is 0.148 e. The second-order valence-electron chi connectivity index (χ2n) is 4.28. The van der Waals surface area contributed by atoms with Gasteiger partial charge in [0.1, 0.15) is 12.4 Å². The molecule has 0 saturated carbocycles. The van der Waals surface area contributed by atoms with E-state index in [1.54, 1.807) is 4.68 Å². The van der Waals surface area contributed by atoms with Crippen LogP contribution in [0, 0.1) is 6.92 Å². The van der Waals surface area contributed by atoms with Crippen LogP contribution in [0.15, 0.2) is 21.1 Å². The van der Waals surface area contributed by atoms with Crippen molar-refractivity contribution in [3.05, 3.63) is 43.1 Å². The van der Waals surface area contributed by atoms with Gasteiger partial charge in [0.15, 0.2) is 0 Å². The molecule has 1 aromatic carbocycles. The van der Waals surface area contributed by atoms with Gasteiger partial charge in [0, 0.05) is 12.4 Å². The van der Waals surface area contributed by atoms with Crippen molar-refractivity contribution < 1.29 is 4.74 Å². The highest BCUT2D eigenvalue weighted by atomic mass is 79.9. The molecular formula is C13H12Br3ClN2O. The lowest BCUT2D eigenvalue weighted by molar-refractivity contribution is 0.291. The molecule has 0 aliphatic carbocycles. The van der Waals surface area contributed by atoms with Crippen molar-refractivity contribution in [2.24, 2.45) is 7.05 Å². The first-order chi connectivity index (χ1) is 9.43. The van der Waals surface area contributed by atoms with Crippen molar-refractivity contribution in [2.45, 2.75) is 18.9 Å². The van der Waals surface area contributed by atoms with E-state index >= 15 is 0 Å². The number of rotatable bonds is 4. The number of alkyl halides is 1. The Bertz CT molecular complexity index is 620. The zero-order valence-electron chi connectivity index (χ0n) is 10.9. The molecule has 0 aliphatic rings. The van der Waals surface area contributed by atoms with E-state index in [4.69, 9.17) is 16.3 Å². The van der Waals surface area contributed by atoms with Gasteiger partial charge in [-0.15, -0.1) is 0 Å². The van der Waals surface area contributed by atoms with Gasteiger partial charge < -0.3 is 4.74 Å². The van der Waals surface area contributed by atoms with Crippen LogP contribution in [0.4, 0.5) is 0 Å². The van der Waals surface area contributed by atoms with Crippen LogP contribution in [0.25, 0.3) is 0 Å². The third kappa shape index (κ3) is 3.40. The molecule has 0 aliphatic heterocycles. The van der Waals surface area contributed by atoms with Crippen molar-refractivity contribution in [1.29, 1.82) is 0 Å². The Hall–Kier alpha value is -0.0400. The van der Waals surface area contributed by atoms with Gasteiger partial charge in [0.05, 0.1) is 25.4 Å². The van der Waals surface area contributed by atoms with Crippen LogP contribution < -0.4 is 4.74 Å².